The second kappa shape index (κ2) is 9.59. The Morgan fingerprint density at radius 2 is 1.86 bits per heavy atom. The van der Waals surface area contributed by atoms with E-state index in [1.165, 1.54) is 14.7 Å². The molecule has 1 saturated carbocycles. The molecule has 6 nitrogen and oxygen atoms in total. The molecular weight excluding hydrogens is 499 g/mol. The van der Waals surface area contributed by atoms with E-state index in [1.54, 1.807) is 11.3 Å². The first-order valence-corrected chi connectivity index (χ1v) is 11.0. The van der Waals surface area contributed by atoms with Crippen LogP contribution in [0, 0.1) is 30.6 Å². The number of halogens is 1. The third-order valence-electron chi connectivity index (χ3n) is 5.95. The monoisotopic (exact) mass is 528 g/mol. The lowest BCUT2D eigenvalue weighted by atomic mass is 9.85. The summed E-state index contributed by atoms with van der Waals surface area (Å²) in [5.74, 6) is 1.23. The maximum atomic E-state index is 12.7. The number of hydrogen-bond acceptors (Lipinski definition) is 4. The summed E-state index contributed by atoms with van der Waals surface area (Å²) in [5, 5.41) is 6.56. The van der Waals surface area contributed by atoms with E-state index in [0.29, 0.717) is 19.6 Å². The van der Waals surface area contributed by atoms with Gasteiger partial charge in [-0.05, 0) is 50.7 Å². The van der Waals surface area contributed by atoms with E-state index < -0.39 is 0 Å². The normalized spacial score (nSPS) is 27.4. The number of guanidine groups is 1. The van der Waals surface area contributed by atoms with Crippen molar-refractivity contribution in [3.63, 3.8) is 0 Å². The molecule has 3 aliphatic rings. The van der Waals surface area contributed by atoms with Crippen LogP contribution in [0.1, 0.15) is 29.5 Å². The predicted molar refractivity (Wildman–Crippen MR) is 126 cm³/mol. The van der Waals surface area contributed by atoms with Crippen LogP contribution < -0.4 is 10.6 Å². The van der Waals surface area contributed by atoms with Crippen LogP contribution >= 0.6 is 35.3 Å². The van der Waals surface area contributed by atoms with E-state index in [0.717, 1.165) is 25.3 Å². The summed E-state index contributed by atoms with van der Waals surface area (Å²) >= 11 is 1.76. The molecule has 0 aromatic carbocycles. The van der Waals surface area contributed by atoms with Gasteiger partial charge >= 0.3 is 0 Å². The lowest BCUT2D eigenvalue weighted by Crippen LogP contribution is -2.40. The van der Waals surface area contributed by atoms with E-state index in [-0.39, 0.29) is 59.5 Å². The lowest BCUT2D eigenvalue weighted by molar-refractivity contribution is -0.140. The SMILES string of the molecule is CCNC(=NCc1ccc(C)s1)NCCCN1C(=O)C2C3C=CC(C3)C2C1=O.I. The molecular formula is C21H29IN4O2S. The molecule has 2 bridgehead atoms. The van der Waals surface area contributed by atoms with E-state index in [1.807, 2.05) is 6.92 Å². The fraction of sp³-hybridized carbons (Fsp3) is 0.571. The number of imide groups is 1. The van der Waals surface area contributed by atoms with Crippen molar-refractivity contribution < 1.29 is 9.59 Å². The predicted octanol–water partition coefficient (Wildman–Crippen LogP) is 2.93. The molecule has 29 heavy (non-hydrogen) atoms. The summed E-state index contributed by atoms with van der Waals surface area (Å²) in [7, 11) is 0. The first-order chi connectivity index (χ1) is 13.6. The van der Waals surface area contributed by atoms with Crippen molar-refractivity contribution in [1.29, 1.82) is 0 Å². The van der Waals surface area contributed by atoms with Crippen LogP contribution in [-0.2, 0) is 16.1 Å². The van der Waals surface area contributed by atoms with Gasteiger partial charge in [0.05, 0.1) is 18.4 Å². The molecule has 2 aliphatic carbocycles. The number of carbonyl (C=O) groups is 2. The van der Waals surface area contributed by atoms with Gasteiger partial charge in [0.2, 0.25) is 11.8 Å². The molecule has 2 heterocycles. The number of hydrogen-bond donors (Lipinski definition) is 2. The average Bonchev–Trinajstić information content (AvgIpc) is 3.43. The fourth-order valence-electron chi connectivity index (χ4n) is 4.70. The second-order valence-corrected chi connectivity index (χ2v) is 9.19. The molecule has 1 aliphatic heterocycles. The number of aliphatic imine (C=N–C) groups is 1. The Morgan fingerprint density at radius 3 is 2.45 bits per heavy atom. The number of likely N-dealkylation sites (tertiary alicyclic amines) is 1. The van der Waals surface area contributed by atoms with Crippen LogP contribution in [-0.4, -0.2) is 42.3 Å². The van der Waals surface area contributed by atoms with Gasteiger partial charge in [-0.1, -0.05) is 12.2 Å². The zero-order chi connectivity index (χ0) is 19.7. The third kappa shape index (κ3) is 4.52. The van der Waals surface area contributed by atoms with Crippen molar-refractivity contribution in [3.05, 3.63) is 34.0 Å². The number of allylic oxidation sites excluding steroid dienone is 2. The van der Waals surface area contributed by atoms with Crippen LogP contribution in [0.25, 0.3) is 0 Å². The highest BCUT2D eigenvalue weighted by atomic mass is 127. The minimum Gasteiger partial charge on any atom is -0.357 e. The van der Waals surface area contributed by atoms with E-state index >= 15 is 0 Å². The Hall–Kier alpha value is -1.42. The Bertz CT molecular complexity index is 791. The summed E-state index contributed by atoms with van der Waals surface area (Å²) in [5.41, 5.74) is 0. The molecule has 1 aromatic rings. The Labute approximate surface area is 193 Å². The van der Waals surface area contributed by atoms with Gasteiger partial charge < -0.3 is 10.6 Å². The minimum atomic E-state index is -0.0939. The number of nitrogens with zero attached hydrogens (tertiary/aromatic N) is 2. The number of rotatable bonds is 7. The number of amides is 2. The second-order valence-electron chi connectivity index (χ2n) is 7.82. The van der Waals surface area contributed by atoms with Crippen molar-refractivity contribution in [2.75, 3.05) is 19.6 Å². The molecule has 2 fully saturated rings. The molecule has 2 N–H and O–H groups in total. The fourth-order valence-corrected chi connectivity index (χ4v) is 5.51. The van der Waals surface area contributed by atoms with Gasteiger partial charge in [-0.2, -0.15) is 0 Å². The number of aryl methyl sites for hydroxylation is 1. The molecule has 4 rings (SSSR count). The van der Waals surface area contributed by atoms with Crippen LogP contribution in [0.5, 0.6) is 0 Å². The highest BCUT2D eigenvalue weighted by Gasteiger charge is 2.58. The molecule has 158 valence electrons. The highest BCUT2D eigenvalue weighted by molar-refractivity contribution is 14.0. The molecule has 1 saturated heterocycles. The molecule has 4 atom stereocenters. The van der Waals surface area contributed by atoms with Crippen molar-refractivity contribution >= 4 is 53.1 Å². The van der Waals surface area contributed by atoms with Crippen molar-refractivity contribution in [3.8, 4) is 0 Å². The van der Waals surface area contributed by atoms with E-state index in [4.69, 9.17) is 0 Å². The summed E-state index contributed by atoms with van der Waals surface area (Å²) in [6.45, 7) is 6.73. The number of nitrogens with one attached hydrogen (secondary N) is 2. The maximum absolute atomic E-state index is 12.7. The van der Waals surface area contributed by atoms with E-state index in [2.05, 4.69) is 46.8 Å². The van der Waals surface area contributed by atoms with Gasteiger partial charge in [-0.15, -0.1) is 35.3 Å². The number of thiophene rings is 1. The minimum absolute atomic E-state index is 0. The van der Waals surface area contributed by atoms with Gasteiger partial charge in [-0.3, -0.25) is 14.5 Å². The van der Waals surface area contributed by atoms with Gasteiger partial charge in [0.15, 0.2) is 5.96 Å². The topological polar surface area (TPSA) is 73.8 Å². The number of fused-ring (bicyclic) bond motifs is 5. The summed E-state index contributed by atoms with van der Waals surface area (Å²) in [4.78, 5) is 34.0. The molecule has 1 aromatic heterocycles. The Morgan fingerprint density at radius 1 is 1.17 bits per heavy atom. The first kappa shape index (κ1) is 22.3. The average molecular weight is 528 g/mol. The first-order valence-electron chi connectivity index (χ1n) is 10.2. The highest BCUT2D eigenvalue weighted by Crippen LogP contribution is 2.52. The maximum Gasteiger partial charge on any atom is 0.233 e. The number of carbonyl (C=O) groups excluding carboxylic acids is 2. The molecule has 0 spiro atoms. The Balaban J connectivity index is 0.00000240. The third-order valence-corrected chi connectivity index (χ3v) is 6.93. The van der Waals surface area contributed by atoms with Gasteiger partial charge in [-0.25, -0.2) is 4.99 Å². The zero-order valence-electron chi connectivity index (χ0n) is 16.9. The van der Waals surface area contributed by atoms with E-state index in [9.17, 15) is 9.59 Å². The van der Waals surface area contributed by atoms with Crippen LogP contribution in [0.3, 0.4) is 0 Å². The zero-order valence-corrected chi connectivity index (χ0v) is 20.0. The smallest absolute Gasteiger partial charge is 0.233 e. The molecule has 2 amide bonds. The van der Waals surface area contributed by atoms with Crippen molar-refractivity contribution in [1.82, 2.24) is 15.5 Å². The van der Waals surface area contributed by atoms with Crippen molar-refractivity contribution in [2.45, 2.75) is 33.2 Å². The lowest BCUT2D eigenvalue weighted by Gasteiger charge is -2.18. The van der Waals surface area contributed by atoms with Crippen LogP contribution in [0.15, 0.2) is 29.3 Å². The van der Waals surface area contributed by atoms with Gasteiger partial charge in [0.1, 0.15) is 0 Å². The summed E-state index contributed by atoms with van der Waals surface area (Å²) in [6, 6.07) is 4.22. The summed E-state index contributed by atoms with van der Waals surface area (Å²) in [6.07, 6.45) is 5.98. The quantitative estimate of drug-likeness (QED) is 0.143. The molecule has 8 heteroatoms. The van der Waals surface area contributed by atoms with Crippen molar-refractivity contribution in [2.24, 2.45) is 28.7 Å². The molecule has 0 radical (unpaired) electrons. The van der Waals surface area contributed by atoms with Gasteiger partial charge in [0, 0.05) is 29.4 Å². The van der Waals surface area contributed by atoms with Gasteiger partial charge in [0.25, 0.3) is 0 Å². The molecule has 4 unspecified atom stereocenters. The largest absolute Gasteiger partial charge is 0.357 e. The Kier molecular flexibility index (Phi) is 7.37. The van der Waals surface area contributed by atoms with Crippen LogP contribution in [0.2, 0.25) is 0 Å². The van der Waals surface area contributed by atoms with Crippen LogP contribution in [0.4, 0.5) is 0 Å². The summed E-state index contributed by atoms with van der Waals surface area (Å²) < 4.78 is 0. The standard InChI is InChI=1S/C21H28N4O2S.HI/c1-3-22-21(24-12-16-8-5-13(2)28-16)23-9-4-10-25-19(26)17-14-6-7-15(11-14)18(17)20(25)27;/h5-8,14-15,17-18H,3-4,9-12H2,1-2H3,(H2,22,23,24);1H.